The van der Waals surface area contributed by atoms with Crippen molar-refractivity contribution in [3.05, 3.63) is 28.3 Å². The van der Waals surface area contributed by atoms with Gasteiger partial charge in [0.1, 0.15) is 5.69 Å². The number of nitrogens with one attached hydrogen (secondary N) is 2. The molecule has 6 nitrogen and oxygen atoms in total. The fourth-order valence-electron chi connectivity index (χ4n) is 2.07. The molecule has 1 heterocycles. The zero-order valence-corrected chi connectivity index (χ0v) is 9.69. The van der Waals surface area contributed by atoms with Crippen LogP contribution in [0.3, 0.4) is 0 Å². The van der Waals surface area contributed by atoms with Crippen LogP contribution in [0.5, 0.6) is 0 Å². The normalized spacial score (nSPS) is 23.6. The van der Waals surface area contributed by atoms with Gasteiger partial charge in [0.15, 0.2) is 0 Å². The van der Waals surface area contributed by atoms with Crippen molar-refractivity contribution >= 4 is 17.1 Å². The van der Waals surface area contributed by atoms with Crippen LogP contribution in [0.4, 0.5) is 17.1 Å². The van der Waals surface area contributed by atoms with E-state index in [1.165, 1.54) is 6.07 Å². The van der Waals surface area contributed by atoms with Crippen LogP contribution in [0, 0.1) is 10.1 Å². The summed E-state index contributed by atoms with van der Waals surface area (Å²) in [6, 6.07) is 4.74. The molecular formula is C11H16N4O2. The van der Waals surface area contributed by atoms with E-state index in [4.69, 9.17) is 5.73 Å². The maximum absolute atomic E-state index is 10.6. The van der Waals surface area contributed by atoms with E-state index in [0.29, 0.717) is 0 Å². The van der Waals surface area contributed by atoms with Gasteiger partial charge in [-0.05, 0) is 32.0 Å². The number of hydrogen-bond acceptors (Lipinski definition) is 5. The zero-order valence-electron chi connectivity index (χ0n) is 9.69. The number of rotatable bonds is 3. The number of nitro benzene ring substituents is 1. The lowest BCUT2D eigenvalue weighted by atomic mass is 10.0. The number of hydrogen-bond donors (Lipinski definition) is 3. The lowest BCUT2D eigenvalue weighted by molar-refractivity contribution is -0.383. The van der Waals surface area contributed by atoms with Crippen molar-refractivity contribution in [1.29, 1.82) is 0 Å². The third-order valence-corrected chi connectivity index (χ3v) is 3.04. The second kappa shape index (κ2) is 4.21. The van der Waals surface area contributed by atoms with E-state index in [1.807, 2.05) is 0 Å². The monoisotopic (exact) mass is 236 g/mol. The molecule has 0 radical (unpaired) electrons. The molecule has 6 heteroatoms. The summed E-state index contributed by atoms with van der Waals surface area (Å²) >= 11 is 0. The standard InChI is InChI=1S/C11H16N4O2/c1-11(4-5-13-7-11)14-8-2-3-10(15(16)17)9(12)6-8/h2-3,6,13-14H,4-5,7,12H2,1H3. The van der Waals surface area contributed by atoms with Crippen LogP contribution in [0.2, 0.25) is 0 Å². The van der Waals surface area contributed by atoms with Gasteiger partial charge in [0.25, 0.3) is 5.69 Å². The predicted molar refractivity (Wildman–Crippen MR) is 67.0 cm³/mol. The molecule has 1 atom stereocenters. The molecule has 0 aromatic heterocycles. The third kappa shape index (κ3) is 2.47. The molecule has 0 amide bonds. The van der Waals surface area contributed by atoms with Crippen LogP contribution in [0.15, 0.2) is 18.2 Å². The first-order valence-electron chi connectivity index (χ1n) is 5.53. The fraction of sp³-hybridized carbons (Fsp3) is 0.455. The predicted octanol–water partition coefficient (Wildman–Crippen LogP) is 1.34. The van der Waals surface area contributed by atoms with Crippen molar-refractivity contribution in [2.75, 3.05) is 24.1 Å². The minimum atomic E-state index is -0.474. The molecular weight excluding hydrogens is 220 g/mol. The molecule has 17 heavy (non-hydrogen) atoms. The maximum Gasteiger partial charge on any atom is 0.292 e. The SMILES string of the molecule is CC1(Nc2ccc([N+](=O)[O-])c(N)c2)CCNC1. The molecule has 1 saturated heterocycles. The van der Waals surface area contributed by atoms with Gasteiger partial charge >= 0.3 is 0 Å². The molecule has 0 spiro atoms. The highest BCUT2D eigenvalue weighted by molar-refractivity contribution is 5.66. The molecule has 1 aliphatic rings. The smallest absolute Gasteiger partial charge is 0.292 e. The van der Waals surface area contributed by atoms with Gasteiger partial charge in [0.2, 0.25) is 0 Å². The second-order valence-electron chi connectivity index (χ2n) is 4.64. The van der Waals surface area contributed by atoms with Gasteiger partial charge in [0.05, 0.1) is 4.92 Å². The average molecular weight is 236 g/mol. The molecule has 0 aliphatic carbocycles. The Morgan fingerprint density at radius 2 is 2.35 bits per heavy atom. The summed E-state index contributed by atoms with van der Waals surface area (Å²) in [6.07, 6.45) is 1.02. The fourth-order valence-corrected chi connectivity index (χ4v) is 2.07. The third-order valence-electron chi connectivity index (χ3n) is 3.04. The van der Waals surface area contributed by atoms with E-state index < -0.39 is 4.92 Å². The van der Waals surface area contributed by atoms with Crippen molar-refractivity contribution < 1.29 is 4.92 Å². The van der Waals surface area contributed by atoms with E-state index in [2.05, 4.69) is 17.6 Å². The second-order valence-corrected chi connectivity index (χ2v) is 4.64. The number of nitrogen functional groups attached to an aromatic ring is 1. The van der Waals surface area contributed by atoms with Gasteiger partial charge in [0, 0.05) is 23.8 Å². The molecule has 1 fully saturated rings. The molecule has 1 aromatic rings. The minimum absolute atomic E-state index is 0.0113. The molecule has 0 bridgehead atoms. The minimum Gasteiger partial charge on any atom is -0.393 e. The topological polar surface area (TPSA) is 93.2 Å². The number of nitro groups is 1. The van der Waals surface area contributed by atoms with Crippen LogP contribution < -0.4 is 16.4 Å². The quantitative estimate of drug-likeness (QED) is 0.418. The first kappa shape index (κ1) is 11.7. The van der Waals surface area contributed by atoms with Gasteiger partial charge in [-0.1, -0.05) is 0 Å². The summed E-state index contributed by atoms with van der Waals surface area (Å²) in [5, 5.41) is 17.3. The van der Waals surface area contributed by atoms with E-state index in [-0.39, 0.29) is 16.9 Å². The molecule has 1 aliphatic heterocycles. The van der Waals surface area contributed by atoms with E-state index in [9.17, 15) is 10.1 Å². The van der Waals surface area contributed by atoms with Crippen LogP contribution in [-0.4, -0.2) is 23.6 Å². The van der Waals surface area contributed by atoms with Gasteiger partial charge in [-0.15, -0.1) is 0 Å². The van der Waals surface area contributed by atoms with Crippen LogP contribution >= 0.6 is 0 Å². The van der Waals surface area contributed by atoms with Gasteiger partial charge in [-0.3, -0.25) is 10.1 Å². The van der Waals surface area contributed by atoms with E-state index in [1.54, 1.807) is 12.1 Å². The Morgan fingerprint density at radius 3 is 2.88 bits per heavy atom. The molecule has 1 aromatic carbocycles. The molecule has 0 saturated carbocycles. The highest BCUT2D eigenvalue weighted by atomic mass is 16.6. The van der Waals surface area contributed by atoms with Crippen molar-refractivity contribution in [2.45, 2.75) is 18.9 Å². The lowest BCUT2D eigenvalue weighted by Crippen LogP contribution is -2.36. The molecule has 2 rings (SSSR count). The van der Waals surface area contributed by atoms with Gasteiger partial charge in [-0.2, -0.15) is 0 Å². The van der Waals surface area contributed by atoms with Crippen LogP contribution in [0.25, 0.3) is 0 Å². The Hall–Kier alpha value is -1.82. The number of anilines is 2. The van der Waals surface area contributed by atoms with Gasteiger partial charge < -0.3 is 16.4 Å². The lowest BCUT2D eigenvalue weighted by Gasteiger charge is -2.26. The van der Waals surface area contributed by atoms with Crippen molar-refractivity contribution in [2.24, 2.45) is 0 Å². The van der Waals surface area contributed by atoms with Crippen molar-refractivity contribution in [3.8, 4) is 0 Å². The van der Waals surface area contributed by atoms with Crippen LogP contribution in [0.1, 0.15) is 13.3 Å². The van der Waals surface area contributed by atoms with Crippen molar-refractivity contribution in [3.63, 3.8) is 0 Å². The summed E-state index contributed by atoms with van der Waals surface area (Å²) in [4.78, 5) is 10.2. The summed E-state index contributed by atoms with van der Waals surface area (Å²) in [5.74, 6) is 0. The summed E-state index contributed by atoms with van der Waals surface area (Å²) in [6.45, 7) is 3.97. The van der Waals surface area contributed by atoms with E-state index in [0.717, 1.165) is 25.2 Å². The number of nitrogens with two attached hydrogens (primary N) is 1. The Balaban J connectivity index is 2.17. The first-order valence-corrected chi connectivity index (χ1v) is 5.53. The van der Waals surface area contributed by atoms with E-state index >= 15 is 0 Å². The number of benzene rings is 1. The summed E-state index contributed by atoms with van der Waals surface area (Å²) in [5.41, 5.74) is 6.59. The van der Waals surface area contributed by atoms with Crippen LogP contribution in [-0.2, 0) is 0 Å². The highest BCUT2D eigenvalue weighted by Gasteiger charge is 2.28. The highest BCUT2D eigenvalue weighted by Crippen LogP contribution is 2.27. The first-order chi connectivity index (χ1) is 8.00. The molecule has 92 valence electrons. The summed E-state index contributed by atoms with van der Waals surface area (Å²) in [7, 11) is 0. The Kier molecular flexibility index (Phi) is 2.89. The van der Waals surface area contributed by atoms with Crippen molar-refractivity contribution in [1.82, 2.24) is 5.32 Å². The Labute approximate surface area is 99.3 Å². The molecule has 1 unspecified atom stereocenters. The average Bonchev–Trinajstić information content (AvgIpc) is 2.64. The Morgan fingerprint density at radius 1 is 1.59 bits per heavy atom. The summed E-state index contributed by atoms with van der Waals surface area (Å²) < 4.78 is 0. The Bertz CT molecular complexity index is 441. The van der Waals surface area contributed by atoms with Gasteiger partial charge in [-0.25, -0.2) is 0 Å². The number of nitrogens with zero attached hydrogens (tertiary/aromatic N) is 1. The molecule has 4 N–H and O–H groups in total. The zero-order chi connectivity index (χ0) is 12.5. The maximum atomic E-state index is 10.6. The largest absolute Gasteiger partial charge is 0.393 e.